The summed E-state index contributed by atoms with van der Waals surface area (Å²) in [5.74, 6) is 1.15. The van der Waals surface area contributed by atoms with Gasteiger partial charge >= 0.3 is 0 Å². The van der Waals surface area contributed by atoms with Gasteiger partial charge in [-0.15, -0.1) is 0 Å². The molecule has 7 heteroatoms. The third kappa shape index (κ3) is 2.55. The second-order valence-electron chi connectivity index (χ2n) is 6.20. The van der Waals surface area contributed by atoms with Crippen LogP contribution in [-0.2, 0) is 6.61 Å². The number of nitrogen functional groups attached to an aromatic ring is 1. The lowest BCUT2D eigenvalue weighted by Crippen LogP contribution is -2.12. The van der Waals surface area contributed by atoms with E-state index in [1.54, 1.807) is 12.1 Å². The molecule has 0 radical (unpaired) electrons. The molecule has 28 heavy (non-hydrogen) atoms. The summed E-state index contributed by atoms with van der Waals surface area (Å²) in [6.07, 6.45) is 0. The molecule has 0 aliphatic carbocycles. The van der Waals surface area contributed by atoms with Gasteiger partial charge < -0.3 is 25.1 Å². The Morgan fingerprint density at radius 1 is 1.18 bits per heavy atom. The van der Waals surface area contributed by atoms with Crippen LogP contribution in [0.2, 0.25) is 0 Å². The van der Waals surface area contributed by atoms with Crippen molar-refractivity contribution in [3.05, 3.63) is 47.5 Å². The van der Waals surface area contributed by atoms with E-state index in [1.807, 2.05) is 24.3 Å². The molecule has 0 saturated carbocycles. The van der Waals surface area contributed by atoms with Crippen molar-refractivity contribution in [2.75, 3.05) is 20.0 Å². The summed E-state index contributed by atoms with van der Waals surface area (Å²) >= 11 is 0. The fraction of sp³-hybridized carbons (Fsp3) is 0.143. The lowest BCUT2D eigenvalue weighted by molar-refractivity contribution is 0.302. The molecule has 3 aromatic rings. The number of nitrogens with two attached hydrogens (primary N) is 1. The van der Waals surface area contributed by atoms with Crippen LogP contribution in [0.4, 0.5) is 5.82 Å². The van der Waals surface area contributed by atoms with Gasteiger partial charge in [0.15, 0.2) is 11.5 Å². The van der Waals surface area contributed by atoms with Gasteiger partial charge in [0.05, 0.1) is 19.9 Å². The molecule has 0 spiro atoms. The first-order chi connectivity index (χ1) is 13.6. The summed E-state index contributed by atoms with van der Waals surface area (Å²) in [4.78, 5) is 4.48. The Labute approximate surface area is 161 Å². The van der Waals surface area contributed by atoms with Crippen molar-refractivity contribution >= 4 is 5.82 Å². The predicted octanol–water partition coefficient (Wildman–Crippen LogP) is 3.48. The van der Waals surface area contributed by atoms with Gasteiger partial charge in [-0.3, -0.25) is 0 Å². The van der Waals surface area contributed by atoms with E-state index in [-0.39, 0.29) is 35.2 Å². The topological polar surface area (TPSA) is 111 Å². The number of aromatic nitrogens is 1. The standard InChI is InChI=1S/C21H17N3O4/c1-26-16-7-11(8-17(27-2)20(16)25)18-13(9-22)21(23)24-19-12-5-3-4-6-15(12)28-10-14(18)19/h3-8,25H,10H2,1-2H3,(H2,23,24). The molecule has 0 bridgehead atoms. The van der Waals surface area contributed by atoms with Crippen LogP contribution in [0.5, 0.6) is 23.0 Å². The second-order valence-corrected chi connectivity index (χ2v) is 6.20. The molecule has 0 saturated heterocycles. The van der Waals surface area contributed by atoms with Gasteiger partial charge in [-0.25, -0.2) is 4.98 Å². The zero-order valence-electron chi connectivity index (χ0n) is 15.3. The average molecular weight is 375 g/mol. The van der Waals surface area contributed by atoms with Gasteiger partial charge in [0.1, 0.15) is 29.8 Å². The summed E-state index contributed by atoms with van der Waals surface area (Å²) in [5.41, 5.74) is 9.76. The number of ether oxygens (including phenoxy) is 3. The van der Waals surface area contributed by atoms with Gasteiger partial charge in [-0.2, -0.15) is 5.26 Å². The summed E-state index contributed by atoms with van der Waals surface area (Å²) < 4.78 is 16.4. The molecule has 0 unspecified atom stereocenters. The van der Waals surface area contributed by atoms with Crippen LogP contribution >= 0.6 is 0 Å². The summed E-state index contributed by atoms with van der Waals surface area (Å²) in [6.45, 7) is 0.231. The molecule has 7 nitrogen and oxygen atoms in total. The Kier molecular flexibility index (Phi) is 4.17. The van der Waals surface area contributed by atoms with Crippen LogP contribution in [0.3, 0.4) is 0 Å². The molecule has 3 N–H and O–H groups in total. The van der Waals surface area contributed by atoms with Crippen LogP contribution in [0.1, 0.15) is 11.1 Å². The van der Waals surface area contributed by atoms with E-state index in [9.17, 15) is 10.4 Å². The van der Waals surface area contributed by atoms with Crippen molar-refractivity contribution in [3.8, 4) is 51.5 Å². The molecule has 0 fully saturated rings. The van der Waals surface area contributed by atoms with Crippen LogP contribution in [-0.4, -0.2) is 24.3 Å². The fourth-order valence-corrected chi connectivity index (χ4v) is 3.41. The first-order valence-corrected chi connectivity index (χ1v) is 8.49. The highest BCUT2D eigenvalue weighted by molar-refractivity contribution is 5.87. The molecule has 1 aromatic heterocycles. The monoisotopic (exact) mass is 375 g/mol. The molecular formula is C21H17N3O4. The number of pyridine rings is 1. The fourth-order valence-electron chi connectivity index (χ4n) is 3.41. The zero-order chi connectivity index (χ0) is 19.8. The van der Waals surface area contributed by atoms with Crippen LogP contribution in [0.15, 0.2) is 36.4 Å². The highest BCUT2D eigenvalue weighted by Gasteiger charge is 2.27. The Balaban J connectivity index is 2.07. The van der Waals surface area contributed by atoms with Crippen LogP contribution in [0, 0.1) is 11.3 Å². The molecule has 4 rings (SSSR count). The lowest BCUT2D eigenvalue weighted by atomic mass is 9.90. The Bertz CT molecular complexity index is 1110. The smallest absolute Gasteiger partial charge is 0.200 e. The van der Waals surface area contributed by atoms with Crippen molar-refractivity contribution in [1.82, 2.24) is 4.98 Å². The SMILES string of the molecule is COc1cc(-c2c(C#N)c(N)nc3c2COc2ccccc2-3)cc(OC)c1O. The zero-order valence-corrected chi connectivity index (χ0v) is 15.3. The van der Waals surface area contributed by atoms with E-state index in [0.29, 0.717) is 22.6 Å². The number of nitrogens with zero attached hydrogens (tertiary/aromatic N) is 2. The number of phenolic OH excluding ortho intramolecular Hbond substituents is 1. The molecule has 2 heterocycles. The van der Waals surface area contributed by atoms with Gasteiger partial charge in [0.25, 0.3) is 0 Å². The minimum absolute atomic E-state index is 0.121. The lowest BCUT2D eigenvalue weighted by Gasteiger charge is -2.24. The quantitative estimate of drug-likeness (QED) is 0.721. The van der Waals surface area contributed by atoms with E-state index in [4.69, 9.17) is 19.9 Å². The third-order valence-electron chi connectivity index (χ3n) is 4.72. The number of aromatic hydroxyl groups is 1. The number of phenols is 1. The van der Waals surface area contributed by atoms with Crippen molar-refractivity contribution in [2.45, 2.75) is 6.61 Å². The number of benzene rings is 2. The van der Waals surface area contributed by atoms with Gasteiger partial charge in [-0.1, -0.05) is 12.1 Å². The number of para-hydroxylation sites is 1. The maximum Gasteiger partial charge on any atom is 0.200 e. The van der Waals surface area contributed by atoms with Crippen LogP contribution in [0.25, 0.3) is 22.4 Å². The maximum atomic E-state index is 10.2. The van der Waals surface area contributed by atoms with E-state index < -0.39 is 0 Å². The minimum atomic E-state index is -0.121. The number of methoxy groups -OCH3 is 2. The van der Waals surface area contributed by atoms with Gasteiger partial charge in [0, 0.05) is 16.7 Å². The molecule has 1 aliphatic rings. The second kappa shape index (κ2) is 6.67. The van der Waals surface area contributed by atoms with Gasteiger partial charge in [0.2, 0.25) is 5.75 Å². The number of rotatable bonds is 3. The molecule has 140 valence electrons. The number of hydrogen-bond acceptors (Lipinski definition) is 7. The minimum Gasteiger partial charge on any atom is -0.502 e. The van der Waals surface area contributed by atoms with Crippen molar-refractivity contribution in [3.63, 3.8) is 0 Å². The summed E-state index contributed by atoms with van der Waals surface area (Å²) in [6, 6.07) is 12.9. The molecular weight excluding hydrogens is 358 g/mol. The summed E-state index contributed by atoms with van der Waals surface area (Å²) in [5, 5.41) is 20.0. The van der Waals surface area contributed by atoms with E-state index in [2.05, 4.69) is 11.1 Å². The summed E-state index contributed by atoms with van der Waals surface area (Å²) in [7, 11) is 2.89. The normalized spacial score (nSPS) is 11.6. The number of nitriles is 1. The largest absolute Gasteiger partial charge is 0.502 e. The van der Waals surface area contributed by atoms with Crippen molar-refractivity contribution < 1.29 is 19.3 Å². The molecule has 2 aromatic carbocycles. The average Bonchev–Trinajstić information content (AvgIpc) is 2.73. The highest BCUT2D eigenvalue weighted by Crippen LogP contribution is 2.46. The Hall–Kier alpha value is -3.92. The Morgan fingerprint density at radius 3 is 2.50 bits per heavy atom. The first kappa shape index (κ1) is 17.5. The number of fused-ring (bicyclic) bond motifs is 3. The van der Waals surface area contributed by atoms with Crippen molar-refractivity contribution in [2.24, 2.45) is 0 Å². The number of hydrogen-bond donors (Lipinski definition) is 2. The van der Waals surface area contributed by atoms with Crippen LogP contribution < -0.4 is 19.9 Å². The predicted molar refractivity (Wildman–Crippen MR) is 103 cm³/mol. The van der Waals surface area contributed by atoms with Crippen molar-refractivity contribution in [1.29, 1.82) is 5.26 Å². The number of anilines is 1. The molecule has 1 aliphatic heterocycles. The van der Waals surface area contributed by atoms with E-state index in [1.165, 1.54) is 14.2 Å². The molecule has 0 amide bonds. The van der Waals surface area contributed by atoms with Gasteiger partial charge in [-0.05, 0) is 29.8 Å². The van der Waals surface area contributed by atoms with E-state index in [0.717, 1.165) is 11.1 Å². The molecule has 0 atom stereocenters. The first-order valence-electron chi connectivity index (χ1n) is 8.49. The van der Waals surface area contributed by atoms with E-state index >= 15 is 0 Å². The maximum absolute atomic E-state index is 10.2. The highest BCUT2D eigenvalue weighted by atomic mass is 16.5. The Morgan fingerprint density at radius 2 is 1.86 bits per heavy atom. The third-order valence-corrected chi connectivity index (χ3v) is 4.72.